The zero-order chi connectivity index (χ0) is 46.7. The van der Waals surface area contributed by atoms with Crippen LogP contribution < -0.4 is 31.7 Å². The summed E-state index contributed by atoms with van der Waals surface area (Å²) in [6, 6.07) is 8.66. The van der Waals surface area contributed by atoms with Gasteiger partial charge in [0, 0.05) is 66.3 Å². The highest BCUT2D eigenvalue weighted by Gasteiger charge is 2.34. The fraction of sp³-hybridized carbons (Fsp3) is 0.283. The summed E-state index contributed by atoms with van der Waals surface area (Å²) in [4.78, 5) is 56.7. The van der Waals surface area contributed by atoms with Gasteiger partial charge in [-0.25, -0.2) is 34.5 Å². The van der Waals surface area contributed by atoms with Gasteiger partial charge in [0.05, 0.1) is 34.3 Å². The number of nitrogen functional groups attached to an aromatic ring is 1. The minimum absolute atomic E-state index is 0.00240. The van der Waals surface area contributed by atoms with Crippen LogP contribution in [0.25, 0.3) is 0 Å². The normalized spacial score (nSPS) is 12.8. The number of hydrogen-bond acceptors (Lipinski definition) is 13. The van der Waals surface area contributed by atoms with Crippen LogP contribution in [0.2, 0.25) is 0 Å². The van der Waals surface area contributed by atoms with E-state index >= 15 is 0 Å². The van der Waals surface area contributed by atoms with Crippen molar-refractivity contribution in [2.24, 2.45) is 0 Å². The summed E-state index contributed by atoms with van der Waals surface area (Å²) >= 11 is 0. The summed E-state index contributed by atoms with van der Waals surface area (Å²) in [6.07, 6.45) is 9.63. The molecule has 5 aromatic heterocycles. The first-order chi connectivity index (χ1) is 31.7. The Morgan fingerprint density at radius 3 is 2.06 bits per heavy atom. The second-order valence-corrected chi connectivity index (χ2v) is 16.0. The highest BCUT2D eigenvalue weighted by molar-refractivity contribution is 6.12. The van der Waals surface area contributed by atoms with E-state index in [1.54, 1.807) is 24.5 Å². The lowest BCUT2D eigenvalue weighted by atomic mass is 9.93. The number of hydrogen-bond donors (Lipinski definition) is 4. The number of rotatable bonds is 9. The molecule has 338 valence electrons. The largest absolute Gasteiger partial charge is 0.416 e. The predicted octanol–water partition coefficient (Wildman–Crippen LogP) is 7.72. The summed E-state index contributed by atoms with van der Waals surface area (Å²) in [7, 11) is 0. The minimum Gasteiger partial charge on any atom is -0.368 e. The first-order valence-electron chi connectivity index (χ1n) is 20.9. The number of pyridine rings is 2. The van der Waals surface area contributed by atoms with E-state index in [1.807, 2.05) is 20.8 Å². The molecular weight excluding hydrogens is 854 g/mol. The fourth-order valence-corrected chi connectivity index (χ4v) is 6.52. The molecule has 0 unspecified atom stereocenters. The van der Waals surface area contributed by atoms with Crippen LogP contribution in [-0.2, 0) is 11.6 Å². The first kappa shape index (κ1) is 45.9. The molecular formula is C46H45F3N14O3. The molecule has 0 spiro atoms. The Morgan fingerprint density at radius 1 is 0.742 bits per heavy atom. The summed E-state index contributed by atoms with van der Waals surface area (Å²) in [5.41, 5.74) is 5.73. The molecule has 6 heterocycles. The van der Waals surface area contributed by atoms with Crippen LogP contribution in [-0.4, -0.2) is 78.2 Å². The number of carbonyl (C=O) groups is 2. The van der Waals surface area contributed by atoms with Crippen LogP contribution >= 0.6 is 0 Å². The van der Waals surface area contributed by atoms with Gasteiger partial charge in [-0.05, 0) is 75.3 Å². The van der Waals surface area contributed by atoms with Crippen molar-refractivity contribution in [1.82, 2.24) is 40.0 Å². The number of nitrogens with zero attached hydrogens (tertiary/aromatic N) is 10. The lowest BCUT2D eigenvalue weighted by Gasteiger charge is -2.34. The molecule has 0 atom stereocenters. The van der Waals surface area contributed by atoms with Crippen LogP contribution in [0, 0.1) is 23.7 Å². The van der Waals surface area contributed by atoms with Crippen LogP contribution in [0.5, 0.6) is 0 Å². The average molecular weight is 899 g/mol. The first-order valence-corrected chi connectivity index (χ1v) is 20.9. The number of aromatic nitrogens is 7. The standard InChI is InChI=1S/C46H45F3N14O3/c1-45(2,3)38-24-40(60-66-38)59-44(65)63(37-22-32(25-51-30-37)12-14-33-26-54-41(50)55-27-33)62(43(64)58-39-23-35(15-17-52-39)46(47,48)49)36-10-7-9-31(21-36)11-13-34-28-56-42(57-29-34)53-16-8-20-61-18-5-4-6-19-61/h7,9-10,15,17,21-30H,4-6,8,16,18-20H2,1-3H3,(H2,50,54,55)(H,52,58,64)(H,53,56,57)(H,59,60,65). The molecule has 0 bridgehead atoms. The molecule has 1 saturated heterocycles. The van der Waals surface area contributed by atoms with E-state index in [2.05, 4.69) is 79.6 Å². The number of benzene rings is 1. The van der Waals surface area contributed by atoms with Crippen molar-refractivity contribution in [3.8, 4) is 23.7 Å². The van der Waals surface area contributed by atoms with Gasteiger partial charge in [-0.15, -0.1) is 0 Å². The van der Waals surface area contributed by atoms with E-state index in [0.29, 0.717) is 40.0 Å². The van der Waals surface area contributed by atoms with Crippen molar-refractivity contribution >= 4 is 47.0 Å². The minimum atomic E-state index is -4.75. The Morgan fingerprint density at radius 2 is 1.38 bits per heavy atom. The Balaban J connectivity index is 1.23. The van der Waals surface area contributed by atoms with Crippen molar-refractivity contribution in [2.45, 2.75) is 58.0 Å². The number of piperidine rings is 1. The molecule has 1 fully saturated rings. The number of halogens is 3. The number of nitrogens with one attached hydrogen (secondary N) is 3. The molecule has 17 nitrogen and oxygen atoms in total. The summed E-state index contributed by atoms with van der Waals surface area (Å²) in [5, 5.41) is 14.1. The van der Waals surface area contributed by atoms with E-state index in [1.165, 1.54) is 68.3 Å². The predicted molar refractivity (Wildman–Crippen MR) is 242 cm³/mol. The molecule has 4 amide bonds. The van der Waals surface area contributed by atoms with Crippen molar-refractivity contribution in [1.29, 1.82) is 0 Å². The molecule has 66 heavy (non-hydrogen) atoms. The lowest BCUT2D eigenvalue weighted by molar-refractivity contribution is -0.137. The van der Waals surface area contributed by atoms with Gasteiger partial charge >= 0.3 is 18.2 Å². The molecule has 5 N–H and O–H groups in total. The molecule has 1 aliphatic heterocycles. The number of urea groups is 2. The molecule has 6 aromatic rings. The van der Waals surface area contributed by atoms with Crippen LogP contribution in [0.3, 0.4) is 0 Å². The molecule has 20 heteroatoms. The van der Waals surface area contributed by atoms with E-state index in [0.717, 1.165) is 54.9 Å². The quantitative estimate of drug-likeness (QED) is 0.0623. The highest BCUT2D eigenvalue weighted by atomic mass is 19.4. The van der Waals surface area contributed by atoms with Crippen molar-refractivity contribution in [3.05, 3.63) is 125 Å². The lowest BCUT2D eigenvalue weighted by Crippen LogP contribution is -2.54. The number of nitrogens with two attached hydrogens (primary N) is 1. The van der Waals surface area contributed by atoms with E-state index in [4.69, 9.17) is 10.3 Å². The zero-order valence-electron chi connectivity index (χ0n) is 36.2. The summed E-state index contributed by atoms with van der Waals surface area (Å²) in [6.45, 7) is 9.68. The Hall–Kier alpha value is -8.10. The van der Waals surface area contributed by atoms with Gasteiger partial charge in [0.1, 0.15) is 11.6 Å². The second-order valence-electron chi connectivity index (χ2n) is 16.0. The van der Waals surface area contributed by atoms with Gasteiger partial charge in [0.15, 0.2) is 5.82 Å². The second kappa shape index (κ2) is 20.6. The molecule has 7 rings (SSSR count). The molecule has 1 aliphatic rings. The average Bonchev–Trinajstić information content (AvgIpc) is 3.79. The van der Waals surface area contributed by atoms with Crippen LogP contribution in [0.4, 0.5) is 57.7 Å². The number of likely N-dealkylation sites (tertiary alicyclic amines) is 1. The SMILES string of the molecule is CC(C)(C)c1cc(NC(=O)N(c2cncc(C#Cc3cnc(N)nc3)c2)N(C(=O)Nc2cc(C(F)(F)F)ccn2)c2cccc(C#Cc3cnc(NCCCN4CCCCC4)nc3)c2)no1. The Kier molecular flexibility index (Phi) is 14.3. The fourth-order valence-electron chi connectivity index (χ4n) is 6.52. The van der Waals surface area contributed by atoms with Gasteiger partial charge in [0.2, 0.25) is 11.9 Å². The maximum Gasteiger partial charge on any atom is 0.416 e. The highest BCUT2D eigenvalue weighted by Crippen LogP contribution is 2.31. The van der Waals surface area contributed by atoms with Gasteiger partial charge in [-0.3, -0.25) is 15.6 Å². The molecule has 0 radical (unpaired) electrons. The van der Waals surface area contributed by atoms with Crippen molar-refractivity contribution < 1.29 is 27.3 Å². The van der Waals surface area contributed by atoms with Crippen molar-refractivity contribution in [2.75, 3.05) is 57.9 Å². The maximum atomic E-state index is 14.6. The number of carbonyl (C=O) groups excluding carboxylic acids is 2. The van der Waals surface area contributed by atoms with E-state index in [9.17, 15) is 22.8 Å². The third-order valence-electron chi connectivity index (χ3n) is 9.86. The molecule has 0 saturated carbocycles. The smallest absolute Gasteiger partial charge is 0.368 e. The van der Waals surface area contributed by atoms with Gasteiger partial charge < -0.3 is 20.5 Å². The third kappa shape index (κ3) is 12.5. The monoisotopic (exact) mass is 898 g/mol. The number of hydrazine groups is 1. The summed E-state index contributed by atoms with van der Waals surface area (Å²) < 4.78 is 46.9. The third-order valence-corrected chi connectivity index (χ3v) is 9.86. The van der Waals surface area contributed by atoms with E-state index < -0.39 is 35.0 Å². The number of alkyl halides is 3. The Bertz CT molecular complexity index is 2770. The maximum absolute atomic E-state index is 14.6. The topological polar surface area (TPSA) is 209 Å². The van der Waals surface area contributed by atoms with Crippen molar-refractivity contribution in [3.63, 3.8) is 0 Å². The Labute approximate surface area is 378 Å². The van der Waals surface area contributed by atoms with Crippen LogP contribution in [0.15, 0.2) is 96.4 Å². The molecule has 1 aromatic carbocycles. The number of amides is 4. The zero-order valence-corrected chi connectivity index (χ0v) is 36.2. The van der Waals surface area contributed by atoms with Gasteiger partial charge in [-0.2, -0.15) is 23.2 Å². The van der Waals surface area contributed by atoms with Crippen LogP contribution in [0.1, 0.15) is 80.0 Å². The van der Waals surface area contributed by atoms with Gasteiger partial charge in [0.25, 0.3) is 0 Å². The number of anilines is 6. The summed E-state index contributed by atoms with van der Waals surface area (Å²) in [5.74, 6) is 12.4. The molecule has 0 aliphatic carbocycles. The van der Waals surface area contributed by atoms with E-state index in [-0.39, 0.29) is 23.1 Å². The van der Waals surface area contributed by atoms with Gasteiger partial charge in [-0.1, -0.05) is 62.1 Å².